The molecule has 0 aromatic heterocycles. The molecule has 1 saturated heterocycles. The predicted molar refractivity (Wildman–Crippen MR) is 88.4 cm³/mol. The molecule has 0 atom stereocenters. The van der Waals surface area contributed by atoms with Crippen molar-refractivity contribution < 1.29 is 4.79 Å². The first-order valence-electron chi connectivity index (χ1n) is 7.34. The molecule has 1 fully saturated rings. The van der Waals surface area contributed by atoms with Crippen LogP contribution in [0.15, 0.2) is 18.2 Å². The number of urea groups is 1. The molecule has 4 nitrogen and oxygen atoms in total. The van der Waals surface area contributed by atoms with Gasteiger partial charge in [-0.1, -0.05) is 42.6 Å². The molecular formula is C15H21Cl2N3O. The fraction of sp³-hybridized carbons (Fsp3) is 0.533. The number of carbonyl (C=O) groups is 1. The highest BCUT2D eigenvalue weighted by Gasteiger charge is 2.21. The maximum absolute atomic E-state index is 12.2. The number of nitrogens with one attached hydrogen (secondary N) is 1. The van der Waals surface area contributed by atoms with E-state index in [-0.39, 0.29) is 6.03 Å². The minimum absolute atomic E-state index is 0.116. The van der Waals surface area contributed by atoms with Gasteiger partial charge in [-0.15, -0.1) is 0 Å². The second-order valence-electron chi connectivity index (χ2n) is 5.21. The minimum atomic E-state index is -0.116. The maximum atomic E-state index is 12.2. The number of benzene rings is 1. The lowest BCUT2D eigenvalue weighted by atomic mass is 10.2. The number of piperazine rings is 1. The molecule has 0 spiro atoms. The zero-order chi connectivity index (χ0) is 15.2. The highest BCUT2D eigenvalue weighted by atomic mass is 35.5. The SMILES string of the molecule is CCCCN1CCN(C(=O)Nc2cccc(Cl)c2Cl)CC1. The zero-order valence-corrected chi connectivity index (χ0v) is 13.8. The number of hydrogen-bond donors (Lipinski definition) is 1. The van der Waals surface area contributed by atoms with Crippen molar-refractivity contribution >= 4 is 34.9 Å². The molecule has 1 heterocycles. The van der Waals surface area contributed by atoms with E-state index >= 15 is 0 Å². The number of amides is 2. The number of unbranched alkanes of at least 4 members (excludes halogenated alkanes) is 1. The Morgan fingerprint density at radius 2 is 1.95 bits per heavy atom. The summed E-state index contributed by atoms with van der Waals surface area (Å²) in [6.45, 7) is 6.65. The molecule has 21 heavy (non-hydrogen) atoms. The van der Waals surface area contributed by atoms with Crippen molar-refractivity contribution in [2.75, 3.05) is 38.0 Å². The third-order valence-corrected chi connectivity index (χ3v) is 4.50. The Morgan fingerprint density at radius 3 is 2.62 bits per heavy atom. The normalized spacial score (nSPS) is 16.0. The van der Waals surface area contributed by atoms with E-state index in [1.807, 2.05) is 4.90 Å². The van der Waals surface area contributed by atoms with Crippen molar-refractivity contribution in [3.05, 3.63) is 28.2 Å². The van der Waals surface area contributed by atoms with Crippen LogP contribution in [0.2, 0.25) is 10.0 Å². The Bertz CT molecular complexity index is 488. The van der Waals surface area contributed by atoms with Gasteiger partial charge in [-0.25, -0.2) is 4.79 Å². The summed E-state index contributed by atoms with van der Waals surface area (Å²) in [6.07, 6.45) is 2.41. The molecule has 0 radical (unpaired) electrons. The second kappa shape index (κ2) is 7.87. The number of rotatable bonds is 4. The summed E-state index contributed by atoms with van der Waals surface area (Å²) in [5, 5.41) is 3.66. The van der Waals surface area contributed by atoms with Gasteiger partial charge in [-0.05, 0) is 25.1 Å². The Morgan fingerprint density at radius 1 is 1.24 bits per heavy atom. The van der Waals surface area contributed by atoms with Crippen molar-refractivity contribution in [1.82, 2.24) is 9.80 Å². The van der Waals surface area contributed by atoms with Gasteiger partial charge in [0.05, 0.1) is 15.7 Å². The first-order chi connectivity index (χ1) is 10.1. The lowest BCUT2D eigenvalue weighted by Crippen LogP contribution is -2.50. The van der Waals surface area contributed by atoms with Crippen LogP contribution in [0.5, 0.6) is 0 Å². The fourth-order valence-electron chi connectivity index (χ4n) is 2.35. The van der Waals surface area contributed by atoms with Crippen LogP contribution in [0, 0.1) is 0 Å². The van der Waals surface area contributed by atoms with Gasteiger partial charge in [-0.2, -0.15) is 0 Å². The molecule has 1 aliphatic heterocycles. The first-order valence-corrected chi connectivity index (χ1v) is 8.09. The monoisotopic (exact) mass is 329 g/mol. The summed E-state index contributed by atoms with van der Waals surface area (Å²) in [4.78, 5) is 16.5. The Hall–Kier alpha value is -0.970. The molecule has 1 aromatic carbocycles. The molecule has 0 unspecified atom stereocenters. The molecule has 1 N–H and O–H groups in total. The second-order valence-corrected chi connectivity index (χ2v) is 6.00. The van der Waals surface area contributed by atoms with Crippen molar-refractivity contribution in [3.8, 4) is 0 Å². The van der Waals surface area contributed by atoms with Crippen LogP contribution in [0.3, 0.4) is 0 Å². The number of hydrogen-bond acceptors (Lipinski definition) is 2. The topological polar surface area (TPSA) is 35.6 Å². The van der Waals surface area contributed by atoms with Gasteiger partial charge in [0.25, 0.3) is 0 Å². The van der Waals surface area contributed by atoms with E-state index in [9.17, 15) is 4.79 Å². The average molecular weight is 330 g/mol. The summed E-state index contributed by atoms with van der Waals surface area (Å²) in [7, 11) is 0. The van der Waals surface area contributed by atoms with Crippen LogP contribution >= 0.6 is 23.2 Å². The molecular weight excluding hydrogens is 309 g/mol. The highest BCUT2D eigenvalue weighted by molar-refractivity contribution is 6.43. The van der Waals surface area contributed by atoms with Gasteiger partial charge in [0.2, 0.25) is 0 Å². The summed E-state index contributed by atoms with van der Waals surface area (Å²) in [5.41, 5.74) is 0.558. The van der Waals surface area contributed by atoms with Crippen molar-refractivity contribution in [1.29, 1.82) is 0 Å². The van der Waals surface area contributed by atoms with Crippen molar-refractivity contribution in [2.45, 2.75) is 19.8 Å². The van der Waals surface area contributed by atoms with Gasteiger partial charge in [0.1, 0.15) is 0 Å². The highest BCUT2D eigenvalue weighted by Crippen LogP contribution is 2.29. The summed E-state index contributed by atoms with van der Waals surface area (Å²) < 4.78 is 0. The number of carbonyl (C=O) groups excluding carboxylic acids is 1. The minimum Gasteiger partial charge on any atom is -0.322 e. The third kappa shape index (κ3) is 4.50. The van der Waals surface area contributed by atoms with E-state index in [1.54, 1.807) is 18.2 Å². The van der Waals surface area contributed by atoms with E-state index in [0.717, 1.165) is 32.7 Å². The maximum Gasteiger partial charge on any atom is 0.321 e. The quantitative estimate of drug-likeness (QED) is 0.907. The van der Waals surface area contributed by atoms with Gasteiger partial charge in [0.15, 0.2) is 0 Å². The van der Waals surface area contributed by atoms with Gasteiger partial charge in [0, 0.05) is 26.2 Å². The van der Waals surface area contributed by atoms with Crippen LogP contribution in [0.25, 0.3) is 0 Å². The summed E-state index contributed by atoms with van der Waals surface area (Å²) in [5.74, 6) is 0. The molecule has 0 bridgehead atoms. The third-order valence-electron chi connectivity index (χ3n) is 3.68. The summed E-state index contributed by atoms with van der Waals surface area (Å²) >= 11 is 12.0. The lowest BCUT2D eigenvalue weighted by Gasteiger charge is -2.34. The molecule has 2 amide bonds. The molecule has 2 rings (SSSR count). The van der Waals surface area contributed by atoms with E-state index in [2.05, 4.69) is 17.1 Å². The first kappa shape index (κ1) is 16.4. The number of anilines is 1. The van der Waals surface area contributed by atoms with Crippen LogP contribution in [0.4, 0.5) is 10.5 Å². The van der Waals surface area contributed by atoms with Crippen LogP contribution in [-0.2, 0) is 0 Å². The average Bonchev–Trinajstić information content (AvgIpc) is 2.50. The number of halogens is 2. The molecule has 6 heteroatoms. The Labute approximate surface area is 136 Å². The van der Waals surface area contributed by atoms with Crippen LogP contribution in [-0.4, -0.2) is 48.6 Å². The predicted octanol–water partition coefficient (Wildman–Crippen LogP) is 3.94. The Balaban J connectivity index is 1.86. The standard InChI is InChI=1S/C15H21Cl2N3O/c1-2-3-7-19-8-10-20(11-9-19)15(21)18-13-6-4-5-12(16)14(13)17/h4-6H,2-3,7-11H2,1H3,(H,18,21). The lowest BCUT2D eigenvalue weighted by molar-refractivity contribution is 0.146. The zero-order valence-electron chi connectivity index (χ0n) is 12.2. The molecule has 0 saturated carbocycles. The smallest absolute Gasteiger partial charge is 0.321 e. The van der Waals surface area contributed by atoms with Crippen LogP contribution < -0.4 is 5.32 Å². The Kier molecular flexibility index (Phi) is 6.15. The fourth-order valence-corrected chi connectivity index (χ4v) is 2.70. The van der Waals surface area contributed by atoms with Gasteiger partial charge >= 0.3 is 6.03 Å². The van der Waals surface area contributed by atoms with E-state index in [0.29, 0.717) is 15.7 Å². The largest absolute Gasteiger partial charge is 0.322 e. The van der Waals surface area contributed by atoms with Crippen molar-refractivity contribution in [3.63, 3.8) is 0 Å². The number of nitrogens with zero attached hydrogens (tertiary/aromatic N) is 2. The van der Waals surface area contributed by atoms with Crippen LogP contribution in [0.1, 0.15) is 19.8 Å². The molecule has 1 aromatic rings. The van der Waals surface area contributed by atoms with Crippen molar-refractivity contribution in [2.24, 2.45) is 0 Å². The van der Waals surface area contributed by atoms with Gasteiger partial charge in [-0.3, -0.25) is 4.90 Å². The van der Waals surface area contributed by atoms with Gasteiger partial charge < -0.3 is 10.2 Å². The van der Waals surface area contributed by atoms with E-state index < -0.39 is 0 Å². The molecule has 0 aliphatic carbocycles. The van der Waals surface area contributed by atoms with E-state index in [4.69, 9.17) is 23.2 Å². The van der Waals surface area contributed by atoms with E-state index in [1.165, 1.54) is 12.8 Å². The summed E-state index contributed by atoms with van der Waals surface area (Å²) in [6, 6.07) is 5.11. The molecule has 1 aliphatic rings. The molecule has 116 valence electrons.